The van der Waals surface area contributed by atoms with Crippen LogP contribution in [-0.4, -0.2) is 49.6 Å². The van der Waals surface area contributed by atoms with Crippen LogP contribution < -0.4 is 0 Å². The number of allylic oxidation sites excluding steroid dienone is 3. The zero-order valence-corrected chi connectivity index (χ0v) is 24.0. The molecule has 5 rings (SSSR count). The highest BCUT2D eigenvalue weighted by atomic mass is 16.6. The zero-order chi connectivity index (χ0) is 28.2. The van der Waals surface area contributed by atoms with E-state index >= 15 is 0 Å². The minimum atomic E-state index is -1.62. The first kappa shape index (κ1) is 26.9. The van der Waals surface area contributed by atoms with Gasteiger partial charge in [0.25, 0.3) is 0 Å². The third kappa shape index (κ3) is 2.63. The van der Waals surface area contributed by atoms with Crippen molar-refractivity contribution in [2.75, 3.05) is 13.7 Å². The van der Waals surface area contributed by atoms with Crippen LogP contribution in [0, 0.1) is 38.9 Å². The number of carbonyl (C=O) groups is 4. The van der Waals surface area contributed by atoms with Crippen molar-refractivity contribution in [3.05, 3.63) is 23.0 Å². The van der Waals surface area contributed by atoms with E-state index in [4.69, 9.17) is 18.9 Å². The normalized spacial score (nSPS) is 44.4. The Morgan fingerprint density at radius 3 is 2.37 bits per heavy atom. The van der Waals surface area contributed by atoms with Gasteiger partial charge < -0.3 is 18.9 Å². The van der Waals surface area contributed by atoms with Crippen molar-refractivity contribution in [1.82, 2.24) is 0 Å². The van der Waals surface area contributed by atoms with E-state index < -0.39 is 45.1 Å². The molecule has 208 valence electrons. The van der Waals surface area contributed by atoms with Gasteiger partial charge in [-0.2, -0.15) is 0 Å². The summed E-state index contributed by atoms with van der Waals surface area (Å²) in [5, 5.41) is 0. The van der Waals surface area contributed by atoms with Crippen LogP contribution in [-0.2, 0) is 38.1 Å². The van der Waals surface area contributed by atoms with Crippen LogP contribution >= 0.6 is 0 Å². The Balaban J connectivity index is 1.79. The van der Waals surface area contributed by atoms with Crippen LogP contribution in [0.15, 0.2) is 23.0 Å². The molecule has 1 heterocycles. The lowest BCUT2D eigenvalue weighted by Crippen LogP contribution is -2.71. The number of fused-ring (bicyclic) bond motifs is 3. The molecule has 5 aliphatic rings. The summed E-state index contributed by atoms with van der Waals surface area (Å²) in [4.78, 5) is 54.5. The van der Waals surface area contributed by atoms with Gasteiger partial charge in [-0.25, -0.2) is 0 Å². The first-order chi connectivity index (χ1) is 17.6. The number of Topliss-reactive ketones (excluding diaryl/α,β-unsaturated/α-hetero) is 1. The number of methoxy groups -OCH3 is 1. The monoisotopic (exact) mass is 528 g/mol. The summed E-state index contributed by atoms with van der Waals surface area (Å²) in [5.74, 6) is -1.76. The molecule has 8 atom stereocenters. The number of rotatable bonds is 4. The third-order valence-corrected chi connectivity index (χ3v) is 11.3. The van der Waals surface area contributed by atoms with E-state index in [1.54, 1.807) is 6.92 Å². The van der Waals surface area contributed by atoms with Crippen LogP contribution in [0.4, 0.5) is 0 Å². The van der Waals surface area contributed by atoms with E-state index in [-0.39, 0.29) is 29.7 Å². The molecule has 38 heavy (non-hydrogen) atoms. The van der Waals surface area contributed by atoms with Gasteiger partial charge in [-0.05, 0) is 47.0 Å². The molecular weight excluding hydrogens is 488 g/mol. The number of ketones is 1. The topological polar surface area (TPSA) is 105 Å². The van der Waals surface area contributed by atoms with E-state index in [1.807, 2.05) is 41.5 Å². The molecule has 0 spiro atoms. The van der Waals surface area contributed by atoms with E-state index in [1.165, 1.54) is 14.0 Å². The second-order valence-corrected chi connectivity index (χ2v) is 13.0. The SMILES string of the molecule is CCOC1=C(C)C(=O)[C@]2(C(=O)OC)[C@@]1(C)C(C)=C[C@H]1[C@]34CC[C@H](OC(C)=O)C(C)(C)[C@H]3[C@H](C[C@@]12C)OC4=O. The molecule has 3 fully saturated rings. The number of ether oxygens (including phenoxy) is 4. The Bertz CT molecular complexity index is 1210. The second-order valence-electron chi connectivity index (χ2n) is 13.0. The fourth-order valence-electron chi connectivity index (χ4n) is 9.95. The molecule has 0 aromatic heterocycles. The number of hydrogen-bond acceptors (Lipinski definition) is 8. The number of hydrogen-bond donors (Lipinski definition) is 0. The fraction of sp³-hybridized carbons (Fsp3) is 0.733. The molecule has 0 aromatic rings. The molecule has 1 aliphatic heterocycles. The van der Waals surface area contributed by atoms with E-state index in [0.29, 0.717) is 37.2 Å². The summed E-state index contributed by atoms with van der Waals surface area (Å²) in [7, 11) is 1.32. The highest BCUT2D eigenvalue weighted by Crippen LogP contribution is 2.79. The molecule has 8 nitrogen and oxygen atoms in total. The molecule has 0 aromatic carbocycles. The lowest BCUT2D eigenvalue weighted by atomic mass is 9.33. The largest absolute Gasteiger partial charge is 0.497 e. The lowest BCUT2D eigenvalue weighted by Gasteiger charge is -2.66. The molecule has 0 radical (unpaired) electrons. The average molecular weight is 529 g/mol. The summed E-state index contributed by atoms with van der Waals surface area (Å²) >= 11 is 0. The van der Waals surface area contributed by atoms with Crippen LogP contribution in [0.3, 0.4) is 0 Å². The van der Waals surface area contributed by atoms with Crippen molar-refractivity contribution in [3.8, 4) is 0 Å². The highest BCUT2D eigenvalue weighted by Gasteiger charge is 2.85. The Labute approximate surface area is 224 Å². The molecule has 4 aliphatic carbocycles. The summed E-state index contributed by atoms with van der Waals surface area (Å²) < 4.78 is 23.5. The van der Waals surface area contributed by atoms with Crippen molar-refractivity contribution >= 4 is 23.7 Å². The summed E-state index contributed by atoms with van der Waals surface area (Å²) in [5.41, 5.74) is -3.98. The maximum atomic E-state index is 14.5. The molecule has 0 amide bonds. The Hall–Kier alpha value is -2.64. The molecule has 0 N–H and O–H groups in total. The van der Waals surface area contributed by atoms with Gasteiger partial charge in [-0.1, -0.05) is 32.4 Å². The standard InChI is InChI=1S/C30H40O8/c1-10-36-23-16(3)22(32)30(25(34)35-9)27(7)14-18-21-26(5,6)20(37-17(4)31)11-12-29(21,24(33)38-18)19(27)13-15(2)28(23,30)8/h13,18-21H,10-12,14H2,1-9H3/t18-,19+,20-,21+,27-,28-,29+,30+/m0/s1. The van der Waals surface area contributed by atoms with Crippen molar-refractivity contribution in [2.45, 2.75) is 86.9 Å². The molecule has 8 heteroatoms. The minimum Gasteiger partial charge on any atom is -0.497 e. The van der Waals surface area contributed by atoms with Gasteiger partial charge in [0.05, 0.1) is 24.5 Å². The predicted molar refractivity (Wildman–Crippen MR) is 136 cm³/mol. The van der Waals surface area contributed by atoms with Crippen LogP contribution in [0.5, 0.6) is 0 Å². The third-order valence-electron chi connectivity index (χ3n) is 11.3. The van der Waals surface area contributed by atoms with Gasteiger partial charge in [0.1, 0.15) is 18.0 Å². The zero-order valence-electron chi connectivity index (χ0n) is 24.0. The number of esters is 3. The van der Waals surface area contributed by atoms with E-state index in [2.05, 4.69) is 6.08 Å². The van der Waals surface area contributed by atoms with Crippen LogP contribution in [0.1, 0.15) is 74.7 Å². The first-order valence-electron chi connectivity index (χ1n) is 13.7. The van der Waals surface area contributed by atoms with Gasteiger partial charge in [-0.15, -0.1) is 0 Å². The lowest BCUT2D eigenvalue weighted by molar-refractivity contribution is -0.217. The molecule has 1 saturated heterocycles. The van der Waals surface area contributed by atoms with Gasteiger partial charge >= 0.3 is 17.9 Å². The van der Waals surface area contributed by atoms with E-state index in [9.17, 15) is 19.2 Å². The summed E-state index contributed by atoms with van der Waals surface area (Å²) in [6.07, 6.45) is 2.44. The van der Waals surface area contributed by atoms with Crippen molar-refractivity contribution in [1.29, 1.82) is 0 Å². The van der Waals surface area contributed by atoms with Crippen molar-refractivity contribution in [2.24, 2.45) is 38.9 Å². The summed E-state index contributed by atoms with van der Waals surface area (Å²) in [6, 6.07) is 0. The van der Waals surface area contributed by atoms with Gasteiger partial charge in [0.15, 0.2) is 11.2 Å². The quantitative estimate of drug-likeness (QED) is 0.230. The van der Waals surface area contributed by atoms with Gasteiger partial charge in [0, 0.05) is 35.2 Å². The molecule has 0 unspecified atom stereocenters. The van der Waals surface area contributed by atoms with Crippen molar-refractivity contribution in [3.63, 3.8) is 0 Å². The summed E-state index contributed by atoms with van der Waals surface area (Å²) in [6.45, 7) is 15.2. The maximum absolute atomic E-state index is 14.5. The second kappa shape index (κ2) is 7.95. The molecular formula is C30H40O8. The smallest absolute Gasteiger partial charge is 0.321 e. The Morgan fingerprint density at radius 2 is 1.79 bits per heavy atom. The van der Waals surface area contributed by atoms with Crippen LogP contribution in [0.25, 0.3) is 0 Å². The average Bonchev–Trinajstić information content (AvgIpc) is 3.18. The number of carbonyl (C=O) groups excluding carboxylic acids is 4. The fourth-order valence-corrected chi connectivity index (χ4v) is 9.95. The Kier molecular flexibility index (Phi) is 5.64. The molecule has 2 bridgehead atoms. The maximum Gasteiger partial charge on any atom is 0.321 e. The first-order valence-corrected chi connectivity index (χ1v) is 13.7. The highest BCUT2D eigenvalue weighted by molar-refractivity contribution is 6.17. The minimum absolute atomic E-state index is 0.251. The van der Waals surface area contributed by atoms with Gasteiger partial charge in [-0.3, -0.25) is 19.2 Å². The van der Waals surface area contributed by atoms with Crippen molar-refractivity contribution < 1.29 is 38.1 Å². The van der Waals surface area contributed by atoms with Crippen LogP contribution in [0.2, 0.25) is 0 Å². The Morgan fingerprint density at radius 1 is 1.13 bits per heavy atom. The molecule has 2 saturated carbocycles. The predicted octanol–water partition coefficient (Wildman–Crippen LogP) is 4.31. The van der Waals surface area contributed by atoms with Gasteiger partial charge in [0.2, 0.25) is 0 Å². The van der Waals surface area contributed by atoms with E-state index in [0.717, 1.165) is 5.57 Å².